The van der Waals surface area contributed by atoms with E-state index in [1.54, 1.807) is 0 Å². The van der Waals surface area contributed by atoms with Crippen LogP contribution in [0.2, 0.25) is 0 Å². The fourth-order valence-corrected chi connectivity index (χ4v) is 4.25. The molecule has 2 fully saturated rings. The first-order valence-electron chi connectivity index (χ1n) is 10.8. The second kappa shape index (κ2) is 8.37. The molecule has 3 aliphatic heterocycles. The van der Waals surface area contributed by atoms with Crippen molar-refractivity contribution in [3.05, 3.63) is 18.2 Å². The van der Waals surface area contributed by atoms with E-state index in [1.807, 2.05) is 39.0 Å². The van der Waals surface area contributed by atoms with Gasteiger partial charge in [-0.15, -0.1) is 0 Å². The molecule has 168 valence electrons. The number of benzene rings is 1. The summed E-state index contributed by atoms with van der Waals surface area (Å²) in [6.45, 7) is 8.72. The van der Waals surface area contributed by atoms with Gasteiger partial charge < -0.3 is 19.7 Å². The highest BCUT2D eigenvalue weighted by Crippen LogP contribution is 2.37. The van der Waals surface area contributed by atoms with Crippen LogP contribution < -0.4 is 20.3 Å². The highest BCUT2D eigenvalue weighted by atomic mass is 16.6. The van der Waals surface area contributed by atoms with Crippen molar-refractivity contribution < 1.29 is 23.9 Å². The van der Waals surface area contributed by atoms with Crippen molar-refractivity contribution in [3.8, 4) is 5.75 Å². The molecule has 31 heavy (non-hydrogen) atoms. The second-order valence-corrected chi connectivity index (χ2v) is 9.31. The minimum absolute atomic E-state index is 0.164. The minimum Gasteiger partial charge on any atom is -0.489 e. The van der Waals surface area contributed by atoms with Gasteiger partial charge in [-0.3, -0.25) is 24.6 Å². The number of esters is 1. The highest BCUT2D eigenvalue weighted by molar-refractivity contribution is 6.01. The summed E-state index contributed by atoms with van der Waals surface area (Å²) in [7, 11) is 0. The molecule has 4 rings (SSSR count). The molecule has 9 nitrogen and oxygen atoms in total. The lowest BCUT2D eigenvalue weighted by molar-refractivity contribution is -0.156. The van der Waals surface area contributed by atoms with Gasteiger partial charge in [0.1, 0.15) is 24.0 Å². The Kier molecular flexibility index (Phi) is 5.79. The standard InChI is InChI=1S/C22H30N4O5/c1-22(2,3)31-20(28)12-25-8-9-26-15(11-25)13-30-18-10-14(4-6-17(18)26)23-16-5-7-19(27)24-21(16)29/h4,6,10,15-16,23H,5,7-9,11-13H2,1-3H3,(H,24,27,29)/t15-,16?/m0/s1. The van der Waals surface area contributed by atoms with Crippen LogP contribution in [0.5, 0.6) is 5.75 Å². The van der Waals surface area contributed by atoms with Crippen LogP contribution in [-0.4, -0.2) is 73.2 Å². The first-order chi connectivity index (χ1) is 14.7. The largest absolute Gasteiger partial charge is 0.489 e. The van der Waals surface area contributed by atoms with E-state index in [0.29, 0.717) is 19.4 Å². The summed E-state index contributed by atoms with van der Waals surface area (Å²) in [5, 5.41) is 5.56. The second-order valence-electron chi connectivity index (χ2n) is 9.31. The average Bonchev–Trinajstić information content (AvgIpc) is 2.68. The molecular formula is C22H30N4O5. The Bertz CT molecular complexity index is 881. The molecule has 0 radical (unpaired) electrons. The summed E-state index contributed by atoms with van der Waals surface area (Å²) in [6.07, 6.45) is 0.810. The van der Waals surface area contributed by atoms with Crippen molar-refractivity contribution in [1.82, 2.24) is 10.2 Å². The predicted octanol–water partition coefficient (Wildman–Crippen LogP) is 1.13. The van der Waals surface area contributed by atoms with Gasteiger partial charge in [0.2, 0.25) is 11.8 Å². The Labute approximate surface area is 182 Å². The van der Waals surface area contributed by atoms with E-state index in [0.717, 1.165) is 36.8 Å². The molecule has 1 unspecified atom stereocenters. The van der Waals surface area contributed by atoms with E-state index in [9.17, 15) is 14.4 Å². The van der Waals surface area contributed by atoms with E-state index in [1.165, 1.54) is 0 Å². The SMILES string of the molecule is CC(C)(C)OC(=O)CN1CCN2c3ccc(NC4CCC(=O)NC4=O)cc3OC[C@@H]2C1. The summed E-state index contributed by atoms with van der Waals surface area (Å²) in [4.78, 5) is 39.9. The van der Waals surface area contributed by atoms with Crippen molar-refractivity contribution in [1.29, 1.82) is 0 Å². The number of piperazine rings is 1. The van der Waals surface area contributed by atoms with Crippen LogP contribution in [0.3, 0.4) is 0 Å². The number of carbonyl (C=O) groups excluding carboxylic acids is 3. The molecule has 0 saturated carbocycles. The van der Waals surface area contributed by atoms with Gasteiger partial charge in [-0.1, -0.05) is 0 Å². The number of nitrogens with one attached hydrogen (secondary N) is 2. The zero-order valence-corrected chi connectivity index (χ0v) is 18.3. The number of hydrogen-bond donors (Lipinski definition) is 2. The zero-order chi connectivity index (χ0) is 22.2. The molecule has 9 heteroatoms. The number of carbonyl (C=O) groups is 3. The lowest BCUT2D eigenvalue weighted by atomic mass is 10.0. The third-order valence-corrected chi connectivity index (χ3v) is 5.62. The molecule has 3 aliphatic rings. The highest BCUT2D eigenvalue weighted by Gasteiger charge is 2.34. The van der Waals surface area contributed by atoms with Crippen LogP contribution in [0, 0.1) is 0 Å². The molecule has 2 amide bonds. The van der Waals surface area contributed by atoms with Gasteiger partial charge in [-0.25, -0.2) is 0 Å². The summed E-state index contributed by atoms with van der Waals surface area (Å²) in [6, 6.07) is 5.57. The number of ether oxygens (including phenoxy) is 2. The average molecular weight is 431 g/mol. The lowest BCUT2D eigenvalue weighted by Gasteiger charge is -2.45. The van der Waals surface area contributed by atoms with E-state index >= 15 is 0 Å². The Balaban J connectivity index is 1.37. The van der Waals surface area contributed by atoms with Crippen LogP contribution in [-0.2, 0) is 19.1 Å². The van der Waals surface area contributed by atoms with E-state index in [2.05, 4.69) is 20.4 Å². The maximum atomic E-state index is 12.2. The van der Waals surface area contributed by atoms with Gasteiger partial charge >= 0.3 is 5.97 Å². The molecule has 0 spiro atoms. The van der Waals surface area contributed by atoms with Crippen LogP contribution in [0.1, 0.15) is 33.6 Å². The van der Waals surface area contributed by atoms with Crippen molar-refractivity contribution >= 4 is 29.2 Å². The summed E-state index contributed by atoms with van der Waals surface area (Å²) < 4.78 is 11.5. The van der Waals surface area contributed by atoms with Gasteiger partial charge in [0.05, 0.1) is 18.3 Å². The summed E-state index contributed by atoms with van der Waals surface area (Å²) >= 11 is 0. The topological polar surface area (TPSA) is 100 Å². The Morgan fingerprint density at radius 2 is 2.10 bits per heavy atom. The molecule has 0 aliphatic carbocycles. The molecule has 2 atom stereocenters. The molecule has 0 bridgehead atoms. The van der Waals surface area contributed by atoms with Gasteiger partial charge in [-0.2, -0.15) is 0 Å². The number of fused-ring (bicyclic) bond motifs is 3. The maximum Gasteiger partial charge on any atom is 0.320 e. The van der Waals surface area contributed by atoms with Crippen LogP contribution in [0.25, 0.3) is 0 Å². The summed E-state index contributed by atoms with van der Waals surface area (Å²) in [5.74, 6) is 0.0427. The van der Waals surface area contributed by atoms with Crippen molar-refractivity contribution in [2.24, 2.45) is 0 Å². The fourth-order valence-electron chi connectivity index (χ4n) is 4.25. The van der Waals surface area contributed by atoms with E-state index < -0.39 is 11.6 Å². The first kappa shape index (κ1) is 21.4. The van der Waals surface area contributed by atoms with Crippen molar-refractivity contribution in [2.45, 2.75) is 51.3 Å². The molecule has 0 aromatic heterocycles. The fraction of sp³-hybridized carbons (Fsp3) is 0.591. The Hall–Kier alpha value is -2.81. The smallest absolute Gasteiger partial charge is 0.320 e. The molecule has 3 heterocycles. The summed E-state index contributed by atoms with van der Waals surface area (Å²) in [5.41, 5.74) is 1.32. The van der Waals surface area contributed by atoms with E-state index in [4.69, 9.17) is 9.47 Å². The normalized spacial score (nSPS) is 23.9. The van der Waals surface area contributed by atoms with Gasteiger partial charge in [0, 0.05) is 37.8 Å². The van der Waals surface area contributed by atoms with E-state index in [-0.39, 0.29) is 30.4 Å². The minimum atomic E-state index is -0.481. The maximum absolute atomic E-state index is 12.2. The number of amides is 2. The molecular weight excluding hydrogens is 400 g/mol. The Morgan fingerprint density at radius 3 is 2.84 bits per heavy atom. The lowest BCUT2D eigenvalue weighted by Crippen LogP contribution is -2.58. The van der Waals surface area contributed by atoms with Gasteiger partial charge in [0.15, 0.2) is 0 Å². The number of imide groups is 1. The molecule has 1 aromatic carbocycles. The number of rotatable bonds is 4. The predicted molar refractivity (Wildman–Crippen MR) is 115 cm³/mol. The third-order valence-electron chi connectivity index (χ3n) is 5.62. The van der Waals surface area contributed by atoms with Crippen molar-refractivity contribution in [2.75, 3.05) is 43.0 Å². The molecule has 1 aromatic rings. The van der Waals surface area contributed by atoms with Crippen LogP contribution >= 0.6 is 0 Å². The number of anilines is 2. The zero-order valence-electron chi connectivity index (χ0n) is 18.3. The van der Waals surface area contributed by atoms with Crippen LogP contribution in [0.15, 0.2) is 18.2 Å². The van der Waals surface area contributed by atoms with Gasteiger partial charge in [0.25, 0.3) is 0 Å². The van der Waals surface area contributed by atoms with Gasteiger partial charge in [-0.05, 0) is 39.3 Å². The van der Waals surface area contributed by atoms with Crippen LogP contribution in [0.4, 0.5) is 11.4 Å². The quantitative estimate of drug-likeness (QED) is 0.542. The van der Waals surface area contributed by atoms with Crippen molar-refractivity contribution in [3.63, 3.8) is 0 Å². The first-order valence-corrected chi connectivity index (χ1v) is 10.8. The molecule has 2 saturated heterocycles. The Morgan fingerprint density at radius 1 is 1.29 bits per heavy atom. The third kappa shape index (κ3) is 5.10. The number of nitrogens with zero attached hydrogens (tertiary/aromatic N) is 2. The monoisotopic (exact) mass is 430 g/mol. The number of piperidine rings is 1. The number of hydrogen-bond acceptors (Lipinski definition) is 8. The molecule has 2 N–H and O–H groups in total.